The average molecular weight is 301 g/mol. The molecule has 0 atom stereocenters. The van der Waals surface area contributed by atoms with Crippen LogP contribution in [0.25, 0.3) is 16.6 Å². The van der Waals surface area contributed by atoms with Crippen molar-refractivity contribution in [3.63, 3.8) is 0 Å². The van der Waals surface area contributed by atoms with Crippen LogP contribution in [0.2, 0.25) is 0 Å². The van der Waals surface area contributed by atoms with E-state index < -0.39 is 0 Å². The molecule has 1 aromatic carbocycles. The third-order valence-corrected chi connectivity index (χ3v) is 3.67. The van der Waals surface area contributed by atoms with Crippen LogP contribution in [-0.4, -0.2) is 19.7 Å². The summed E-state index contributed by atoms with van der Waals surface area (Å²) in [4.78, 5) is 8.68. The minimum absolute atomic E-state index is 0.725. The van der Waals surface area contributed by atoms with Gasteiger partial charge in [-0.05, 0) is 42.0 Å². The smallest absolute Gasteiger partial charge is 0.126 e. The van der Waals surface area contributed by atoms with Gasteiger partial charge in [0.05, 0.1) is 11.2 Å². The molecule has 0 saturated heterocycles. The predicted octanol–water partition coefficient (Wildman–Crippen LogP) is 3.43. The van der Waals surface area contributed by atoms with E-state index in [-0.39, 0.29) is 0 Å². The first-order valence-electron chi connectivity index (χ1n) is 7.42. The molecule has 3 aromatic heterocycles. The Morgan fingerprint density at radius 2 is 1.87 bits per heavy atom. The molecule has 23 heavy (non-hydrogen) atoms. The van der Waals surface area contributed by atoms with Crippen LogP contribution in [0.3, 0.4) is 0 Å². The van der Waals surface area contributed by atoms with Crippen molar-refractivity contribution in [2.24, 2.45) is 0 Å². The van der Waals surface area contributed by atoms with E-state index in [4.69, 9.17) is 0 Å². The number of pyridine rings is 2. The summed E-state index contributed by atoms with van der Waals surface area (Å²) in [5, 5.41) is 8.62. The van der Waals surface area contributed by atoms with Crippen LogP contribution in [0.5, 0.6) is 0 Å². The minimum atomic E-state index is 0.725. The van der Waals surface area contributed by atoms with Crippen molar-refractivity contribution in [1.82, 2.24) is 19.7 Å². The minimum Gasteiger partial charge on any atom is -0.366 e. The molecular formula is C18H15N5. The molecule has 0 unspecified atom stereocenters. The third kappa shape index (κ3) is 2.89. The Kier molecular flexibility index (Phi) is 3.44. The Bertz CT molecular complexity index is 914. The molecule has 5 nitrogen and oxygen atoms in total. The fraction of sp³-hybridized carbons (Fsp3) is 0.0556. The van der Waals surface area contributed by atoms with Crippen molar-refractivity contribution >= 4 is 16.7 Å². The first-order valence-corrected chi connectivity index (χ1v) is 7.42. The molecule has 4 rings (SSSR count). The molecule has 0 spiro atoms. The van der Waals surface area contributed by atoms with Crippen molar-refractivity contribution < 1.29 is 0 Å². The lowest BCUT2D eigenvalue weighted by Gasteiger charge is -2.08. The van der Waals surface area contributed by atoms with E-state index in [0.717, 1.165) is 29.0 Å². The van der Waals surface area contributed by atoms with Gasteiger partial charge in [-0.2, -0.15) is 5.10 Å². The highest BCUT2D eigenvalue weighted by atomic mass is 15.3. The normalized spacial score (nSPS) is 10.8. The number of hydrogen-bond donors (Lipinski definition) is 1. The largest absolute Gasteiger partial charge is 0.366 e. The highest BCUT2D eigenvalue weighted by Crippen LogP contribution is 2.15. The molecule has 0 radical (unpaired) electrons. The summed E-state index contributed by atoms with van der Waals surface area (Å²) < 4.78 is 1.84. The second-order valence-corrected chi connectivity index (χ2v) is 5.24. The number of nitrogens with one attached hydrogen (secondary N) is 1. The quantitative estimate of drug-likeness (QED) is 0.627. The molecule has 0 aliphatic rings. The van der Waals surface area contributed by atoms with Gasteiger partial charge >= 0.3 is 0 Å². The van der Waals surface area contributed by atoms with Crippen LogP contribution in [0.1, 0.15) is 5.56 Å². The molecule has 0 fully saturated rings. The Morgan fingerprint density at radius 1 is 0.957 bits per heavy atom. The molecule has 0 aliphatic carbocycles. The lowest BCUT2D eigenvalue weighted by molar-refractivity contribution is 0.879. The predicted molar refractivity (Wildman–Crippen MR) is 90.4 cm³/mol. The first kappa shape index (κ1) is 13.5. The highest BCUT2D eigenvalue weighted by molar-refractivity contribution is 5.78. The number of hydrogen-bond acceptors (Lipinski definition) is 4. The van der Waals surface area contributed by atoms with Gasteiger partial charge < -0.3 is 5.32 Å². The van der Waals surface area contributed by atoms with Crippen molar-refractivity contribution in [2.75, 3.05) is 5.32 Å². The maximum absolute atomic E-state index is 4.58. The summed E-state index contributed by atoms with van der Waals surface area (Å²) in [6, 6.07) is 16.1. The van der Waals surface area contributed by atoms with Crippen LogP contribution in [-0.2, 0) is 6.54 Å². The van der Waals surface area contributed by atoms with E-state index in [9.17, 15) is 0 Å². The van der Waals surface area contributed by atoms with Gasteiger partial charge in [0, 0.05) is 36.7 Å². The standard InChI is InChI=1S/C18H15N5/c1-9-21-23(11-1)16-5-2-14(3-6-16)12-20-18-7-4-15-13-19-10-8-17(15)22-18/h1-11,13H,12H2,(H,20,22). The van der Waals surface area contributed by atoms with Crippen molar-refractivity contribution in [3.05, 3.63) is 78.9 Å². The molecule has 5 heteroatoms. The molecule has 0 aliphatic heterocycles. The average Bonchev–Trinajstić information content (AvgIpc) is 3.15. The summed E-state index contributed by atoms with van der Waals surface area (Å²) in [5.41, 5.74) is 3.19. The lowest BCUT2D eigenvalue weighted by Crippen LogP contribution is -2.02. The molecular weight excluding hydrogens is 286 g/mol. The van der Waals surface area contributed by atoms with E-state index >= 15 is 0 Å². The Hall–Kier alpha value is -3.21. The zero-order valence-corrected chi connectivity index (χ0v) is 12.4. The number of anilines is 1. The second-order valence-electron chi connectivity index (χ2n) is 5.24. The van der Waals surface area contributed by atoms with E-state index in [1.807, 2.05) is 41.3 Å². The van der Waals surface area contributed by atoms with Gasteiger partial charge in [0.15, 0.2) is 0 Å². The molecule has 0 amide bonds. The van der Waals surface area contributed by atoms with E-state index in [2.05, 4.69) is 44.6 Å². The zero-order chi connectivity index (χ0) is 15.5. The summed E-state index contributed by atoms with van der Waals surface area (Å²) in [7, 11) is 0. The van der Waals surface area contributed by atoms with Crippen LogP contribution in [0.15, 0.2) is 73.3 Å². The van der Waals surface area contributed by atoms with Gasteiger partial charge in [-0.3, -0.25) is 4.98 Å². The first-order chi connectivity index (χ1) is 11.4. The highest BCUT2D eigenvalue weighted by Gasteiger charge is 2.00. The van der Waals surface area contributed by atoms with Crippen LogP contribution >= 0.6 is 0 Å². The van der Waals surface area contributed by atoms with Gasteiger partial charge in [0.25, 0.3) is 0 Å². The number of aromatic nitrogens is 4. The number of benzene rings is 1. The van der Waals surface area contributed by atoms with Gasteiger partial charge in [0.2, 0.25) is 0 Å². The summed E-state index contributed by atoms with van der Waals surface area (Å²) >= 11 is 0. The number of nitrogens with zero attached hydrogens (tertiary/aromatic N) is 4. The topological polar surface area (TPSA) is 55.6 Å². The number of fused-ring (bicyclic) bond motifs is 1. The Balaban J connectivity index is 1.47. The van der Waals surface area contributed by atoms with Crippen molar-refractivity contribution in [3.8, 4) is 5.69 Å². The van der Waals surface area contributed by atoms with Crippen molar-refractivity contribution in [1.29, 1.82) is 0 Å². The van der Waals surface area contributed by atoms with E-state index in [0.29, 0.717) is 0 Å². The third-order valence-electron chi connectivity index (χ3n) is 3.67. The SMILES string of the molecule is c1cnn(-c2ccc(CNc3ccc4cnccc4n3)cc2)c1. The van der Waals surface area contributed by atoms with E-state index in [1.165, 1.54) is 5.56 Å². The van der Waals surface area contributed by atoms with Gasteiger partial charge in [-0.15, -0.1) is 0 Å². The lowest BCUT2D eigenvalue weighted by atomic mass is 10.2. The van der Waals surface area contributed by atoms with E-state index in [1.54, 1.807) is 12.4 Å². The Labute approximate surface area is 133 Å². The monoisotopic (exact) mass is 301 g/mol. The maximum Gasteiger partial charge on any atom is 0.126 e. The molecule has 112 valence electrons. The fourth-order valence-corrected chi connectivity index (χ4v) is 2.44. The van der Waals surface area contributed by atoms with Gasteiger partial charge in [0.1, 0.15) is 5.82 Å². The second kappa shape index (κ2) is 5.88. The summed E-state index contributed by atoms with van der Waals surface area (Å²) in [6.07, 6.45) is 7.28. The van der Waals surface area contributed by atoms with Crippen molar-refractivity contribution in [2.45, 2.75) is 6.54 Å². The maximum atomic E-state index is 4.58. The van der Waals surface area contributed by atoms with Crippen LogP contribution < -0.4 is 5.32 Å². The summed E-state index contributed by atoms with van der Waals surface area (Å²) in [5.74, 6) is 0.861. The molecule has 0 saturated carbocycles. The molecule has 4 aromatic rings. The van der Waals surface area contributed by atoms with Gasteiger partial charge in [-0.25, -0.2) is 9.67 Å². The van der Waals surface area contributed by atoms with Gasteiger partial charge in [-0.1, -0.05) is 12.1 Å². The molecule has 0 bridgehead atoms. The van der Waals surface area contributed by atoms with Crippen LogP contribution in [0, 0.1) is 0 Å². The Morgan fingerprint density at radius 3 is 2.70 bits per heavy atom. The van der Waals surface area contributed by atoms with Crippen LogP contribution in [0.4, 0.5) is 5.82 Å². The zero-order valence-electron chi connectivity index (χ0n) is 12.4. The number of rotatable bonds is 4. The fourth-order valence-electron chi connectivity index (χ4n) is 2.44. The summed E-state index contributed by atoms with van der Waals surface area (Å²) in [6.45, 7) is 0.725. The molecule has 1 N–H and O–H groups in total. The molecule has 3 heterocycles.